The van der Waals surface area contributed by atoms with Crippen molar-refractivity contribution in [1.29, 1.82) is 0 Å². The molecule has 1 heterocycles. The number of likely N-dealkylation sites (N-methyl/N-ethyl adjacent to an activating group) is 2. The van der Waals surface area contributed by atoms with Crippen molar-refractivity contribution in [1.82, 2.24) is 9.80 Å². The Morgan fingerprint density at radius 2 is 2.00 bits per heavy atom. The zero-order valence-electron chi connectivity index (χ0n) is 11.3. The normalized spacial score (nSPS) is 19.6. The standard InChI is InChI=1S/C14H20N2O3/c1-15-5-3-4-11(15)9-16(2)14(19)10-6-12(17)8-13(18)7-10/h6-8,11,17-18H,3-5,9H2,1-2H3. The van der Waals surface area contributed by atoms with Crippen LogP contribution in [0.1, 0.15) is 23.2 Å². The second-order valence-electron chi connectivity index (χ2n) is 5.20. The molecule has 104 valence electrons. The topological polar surface area (TPSA) is 64.0 Å². The first-order valence-electron chi connectivity index (χ1n) is 6.46. The number of carbonyl (C=O) groups excluding carboxylic acids is 1. The zero-order valence-corrected chi connectivity index (χ0v) is 11.3. The average Bonchev–Trinajstić information content (AvgIpc) is 2.72. The minimum Gasteiger partial charge on any atom is -0.508 e. The molecule has 1 unspecified atom stereocenters. The van der Waals surface area contributed by atoms with Gasteiger partial charge in [0.05, 0.1) is 0 Å². The summed E-state index contributed by atoms with van der Waals surface area (Å²) in [6.45, 7) is 1.73. The number of phenols is 2. The second-order valence-corrected chi connectivity index (χ2v) is 5.20. The van der Waals surface area contributed by atoms with Gasteiger partial charge in [0, 0.05) is 31.3 Å². The highest BCUT2D eigenvalue weighted by molar-refractivity contribution is 5.94. The van der Waals surface area contributed by atoms with Gasteiger partial charge in [-0.3, -0.25) is 4.79 Å². The Kier molecular flexibility index (Phi) is 3.95. The van der Waals surface area contributed by atoms with E-state index in [1.54, 1.807) is 11.9 Å². The average molecular weight is 264 g/mol. The third-order valence-corrected chi connectivity index (χ3v) is 3.65. The maximum atomic E-state index is 12.2. The fourth-order valence-electron chi connectivity index (χ4n) is 2.55. The molecular weight excluding hydrogens is 244 g/mol. The molecule has 0 radical (unpaired) electrons. The van der Waals surface area contributed by atoms with Gasteiger partial charge in [-0.15, -0.1) is 0 Å². The summed E-state index contributed by atoms with van der Waals surface area (Å²) in [6.07, 6.45) is 2.26. The monoisotopic (exact) mass is 264 g/mol. The van der Waals surface area contributed by atoms with Crippen molar-refractivity contribution in [3.8, 4) is 11.5 Å². The highest BCUT2D eigenvalue weighted by atomic mass is 16.3. The fourth-order valence-corrected chi connectivity index (χ4v) is 2.55. The summed E-state index contributed by atoms with van der Waals surface area (Å²) in [5.41, 5.74) is 0.306. The summed E-state index contributed by atoms with van der Waals surface area (Å²) in [5.74, 6) is -0.393. The molecule has 1 fully saturated rings. The van der Waals surface area contributed by atoms with Crippen LogP contribution in [0.2, 0.25) is 0 Å². The molecule has 2 rings (SSSR count). The molecule has 19 heavy (non-hydrogen) atoms. The molecule has 1 aromatic rings. The number of hydrogen-bond donors (Lipinski definition) is 2. The molecule has 5 heteroatoms. The van der Waals surface area contributed by atoms with Crippen molar-refractivity contribution in [2.75, 3.05) is 27.2 Å². The maximum Gasteiger partial charge on any atom is 0.253 e. The van der Waals surface area contributed by atoms with Crippen LogP contribution in [0.15, 0.2) is 18.2 Å². The fraction of sp³-hybridized carbons (Fsp3) is 0.500. The van der Waals surface area contributed by atoms with Crippen LogP contribution in [0.5, 0.6) is 11.5 Å². The number of carbonyl (C=O) groups is 1. The van der Waals surface area contributed by atoms with E-state index >= 15 is 0 Å². The summed E-state index contributed by atoms with van der Waals surface area (Å²) >= 11 is 0. The van der Waals surface area contributed by atoms with E-state index in [9.17, 15) is 15.0 Å². The number of likely N-dealkylation sites (tertiary alicyclic amines) is 1. The number of nitrogens with zero attached hydrogens (tertiary/aromatic N) is 2. The predicted octanol–water partition coefficient (Wildman–Crippen LogP) is 1.26. The molecule has 0 spiro atoms. The number of benzene rings is 1. The van der Waals surface area contributed by atoms with E-state index in [2.05, 4.69) is 11.9 Å². The first kappa shape index (κ1) is 13.7. The summed E-state index contributed by atoms with van der Waals surface area (Å²) < 4.78 is 0. The van der Waals surface area contributed by atoms with Crippen molar-refractivity contribution < 1.29 is 15.0 Å². The van der Waals surface area contributed by atoms with Crippen molar-refractivity contribution >= 4 is 5.91 Å². The minimum absolute atomic E-state index is 0.102. The van der Waals surface area contributed by atoms with E-state index in [4.69, 9.17) is 0 Å². The molecule has 0 aromatic heterocycles. The lowest BCUT2D eigenvalue weighted by Crippen LogP contribution is -2.39. The highest BCUT2D eigenvalue weighted by Crippen LogP contribution is 2.22. The molecule has 1 aliphatic heterocycles. The second kappa shape index (κ2) is 5.48. The third kappa shape index (κ3) is 3.17. The summed E-state index contributed by atoms with van der Waals surface area (Å²) in [4.78, 5) is 16.1. The van der Waals surface area contributed by atoms with Crippen molar-refractivity contribution in [2.24, 2.45) is 0 Å². The van der Waals surface area contributed by atoms with Gasteiger partial charge in [-0.25, -0.2) is 0 Å². The van der Waals surface area contributed by atoms with E-state index in [1.807, 2.05) is 0 Å². The molecule has 0 aliphatic carbocycles. The number of amides is 1. The summed E-state index contributed by atoms with van der Waals surface area (Å²) in [6, 6.07) is 4.34. The Morgan fingerprint density at radius 1 is 1.37 bits per heavy atom. The van der Waals surface area contributed by atoms with Crippen LogP contribution in [0, 0.1) is 0 Å². The molecule has 1 saturated heterocycles. The molecule has 0 bridgehead atoms. The van der Waals surface area contributed by atoms with E-state index < -0.39 is 0 Å². The number of phenolic OH excluding ortho intramolecular Hbond substituents is 2. The number of aromatic hydroxyl groups is 2. The minimum atomic E-state index is -0.188. The molecule has 2 N–H and O–H groups in total. The Labute approximate surface area is 113 Å². The van der Waals surface area contributed by atoms with Crippen LogP contribution in [-0.4, -0.2) is 59.1 Å². The Morgan fingerprint density at radius 3 is 2.53 bits per heavy atom. The Hall–Kier alpha value is -1.75. The van der Waals surface area contributed by atoms with E-state index in [0.717, 1.165) is 19.4 Å². The molecular formula is C14H20N2O3. The van der Waals surface area contributed by atoms with Gasteiger partial charge in [-0.05, 0) is 38.6 Å². The van der Waals surface area contributed by atoms with Crippen molar-refractivity contribution in [3.05, 3.63) is 23.8 Å². The van der Waals surface area contributed by atoms with E-state index in [1.165, 1.54) is 18.2 Å². The first-order valence-corrected chi connectivity index (χ1v) is 6.46. The predicted molar refractivity (Wildman–Crippen MR) is 72.4 cm³/mol. The van der Waals surface area contributed by atoms with Gasteiger partial charge >= 0.3 is 0 Å². The van der Waals surface area contributed by atoms with Crippen molar-refractivity contribution in [3.63, 3.8) is 0 Å². The first-order chi connectivity index (χ1) is 8.97. The van der Waals surface area contributed by atoms with Gasteiger partial charge in [-0.2, -0.15) is 0 Å². The Bertz CT molecular complexity index is 456. The van der Waals surface area contributed by atoms with Crippen LogP contribution >= 0.6 is 0 Å². The molecule has 1 atom stereocenters. The quantitative estimate of drug-likeness (QED) is 0.863. The molecule has 1 aromatic carbocycles. The highest BCUT2D eigenvalue weighted by Gasteiger charge is 2.24. The van der Waals surface area contributed by atoms with Crippen molar-refractivity contribution in [2.45, 2.75) is 18.9 Å². The smallest absolute Gasteiger partial charge is 0.253 e. The lowest BCUT2D eigenvalue weighted by Gasteiger charge is -2.26. The van der Waals surface area contributed by atoms with Crippen LogP contribution < -0.4 is 0 Å². The van der Waals surface area contributed by atoms with Crippen LogP contribution in [0.3, 0.4) is 0 Å². The van der Waals surface area contributed by atoms with Gasteiger partial charge in [-0.1, -0.05) is 0 Å². The van der Waals surface area contributed by atoms with Gasteiger partial charge in [0.1, 0.15) is 11.5 Å². The zero-order chi connectivity index (χ0) is 14.0. The van der Waals surface area contributed by atoms with Crippen LogP contribution in [0.25, 0.3) is 0 Å². The summed E-state index contributed by atoms with van der Waals surface area (Å²) in [5, 5.41) is 18.8. The lowest BCUT2D eigenvalue weighted by molar-refractivity contribution is 0.0760. The molecule has 1 amide bonds. The lowest BCUT2D eigenvalue weighted by atomic mass is 10.1. The van der Waals surface area contributed by atoms with Crippen LogP contribution in [-0.2, 0) is 0 Å². The Balaban J connectivity index is 2.06. The molecule has 5 nitrogen and oxygen atoms in total. The maximum absolute atomic E-state index is 12.2. The molecule has 0 saturated carbocycles. The van der Waals surface area contributed by atoms with E-state index in [-0.39, 0.29) is 17.4 Å². The number of rotatable bonds is 3. The summed E-state index contributed by atoms with van der Waals surface area (Å²) in [7, 11) is 3.81. The van der Waals surface area contributed by atoms with Gasteiger partial charge in [0.25, 0.3) is 5.91 Å². The van der Waals surface area contributed by atoms with E-state index in [0.29, 0.717) is 18.2 Å². The molecule has 1 aliphatic rings. The van der Waals surface area contributed by atoms with Gasteiger partial charge in [0.15, 0.2) is 0 Å². The largest absolute Gasteiger partial charge is 0.508 e. The SMILES string of the molecule is CN(CC1CCCN1C)C(=O)c1cc(O)cc(O)c1. The van der Waals surface area contributed by atoms with Gasteiger partial charge < -0.3 is 20.0 Å². The number of hydrogen-bond acceptors (Lipinski definition) is 4. The van der Waals surface area contributed by atoms with Gasteiger partial charge in [0.2, 0.25) is 0 Å². The third-order valence-electron chi connectivity index (χ3n) is 3.65. The van der Waals surface area contributed by atoms with Crippen LogP contribution in [0.4, 0.5) is 0 Å².